The summed E-state index contributed by atoms with van der Waals surface area (Å²) in [7, 11) is 0. The molecule has 0 atom stereocenters. The number of imidazole rings is 1. The lowest BCUT2D eigenvalue weighted by atomic mass is 10.0. The van der Waals surface area contributed by atoms with Gasteiger partial charge >= 0.3 is 0 Å². The van der Waals surface area contributed by atoms with Gasteiger partial charge in [0, 0.05) is 63.4 Å². The van der Waals surface area contributed by atoms with Gasteiger partial charge in [-0.2, -0.15) is 0 Å². The molecule has 3 aromatic rings. The Hall–Kier alpha value is -3.23. The van der Waals surface area contributed by atoms with E-state index in [1.165, 1.54) is 0 Å². The summed E-state index contributed by atoms with van der Waals surface area (Å²) in [6.07, 6.45) is 7.45. The van der Waals surface area contributed by atoms with Crippen LogP contribution in [0.3, 0.4) is 0 Å². The second-order valence-corrected chi connectivity index (χ2v) is 7.69. The van der Waals surface area contributed by atoms with Crippen molar-refractivity contribution in [1.29, 1.82) is 0 Å². The first kappa shape index (κ1) is 21.0. The zero-order valence-electron chi connectivity index (χ0n) is 17.4. The number of carbonyl (C=O) groups is 1. The molecule has 0 unspecified atom stereocenters. The van der Waals surface area contributed by atoms with Crippen LogP contribution in [0.5, 0.6) is 5.75 Å². The van der Waals surface area contributed by atoms with Crippen LogP contribution in [0.2, 0.25) is 0 Å². The Labute approximate surface area is 181 Å². The SMILES string of the molecule is O=C(NCc1cc(OCCc2cnc[nH]2)ccc1CNCC1CNC1)c1cccnc1. The topological polar surface area (TPSA) is 104 Å². The van der Waals surface area contributed by atoms with Crippen molar-refractivity contribution in [3.63, 3.8) is 0 Å². The molecule has 4 rings (SSSR count). The minimum absolute atomic E-state index is 0.141. The Morgan fingerprint density at radius 2 is 2.06 bits per heavy atom. The summed E-state index contributed by atoms with van der Waals surface area (Å²) in [4.78, 5) is 23.6. The van der Waals surface area contributed by atoms with Gasteiger partial charge in [0.15, 0.2) is 0 Å². The van der Waals surface area contributed by atoms with E-state index in [4.69, 9.17) is 4.74 Å². The van der Waals surface area contributed by atoms with E-state index in [-0.39, 0.29) is 5.91 Å². The van der Waals surface area contributed by atoms with Crippen LogP contribution in [-0.4, -0.2) is 47.1 Å². The Morgan fingerprint density at radius 3 is 2.81 bits per heavy atom. The molecule has 4 N–H and O–H groups in total. The minimum atomic E-state index is -0.141. The van der Waals surface area contributed by atoms with Crippen molar-refractivity contribution < 1.29 is 9.53 Å². The van der Waals surface area contributed by atoms with Gasteiger partial charge < -0.3 is 25.7 Å². The fourth-order valence-corrected chi connectivity index (χ4v) is 3.41. The predicted molar refractivity (Wildman–Crippen MR) is 118 cm³/mol. The van der Waals surface area contributed by atoms with Crippen LogP contribution in [0.15, 0.2) is 55.2 Å². The molecule has 1 amide bonds. The van der Waals surface area contributed by atoms with E-state index < -0.39 is 0 Å². The lowest BCUT2D eigenvalue weighted by Gasteiger charge is -2.27. The highest BCUT2D eigenvalue weighted by atomic mass is 16.5. The number of amides is 1. The number of aromatic nitrogens is 3. The molecular weight excluding hydrogens is 392 g/mol. The second kappa shape index (κ2) is 10.7. The number of aromatic amines is 1. The number of nitrogens with one attached hydrogen (secondary N) is 4. The third-order valence-electron chi connectivity index (χ3n) is 5.35. The number of pyridine rings is 1. The molecule has 2 aromatic heterocycles. The van der Waals surface area contributed by atoms with Crippen LogP contribution in [-0.2, 0) is 19.5 Å². The molecule has 1 saturated heterocycles. The molecule has 0 aliphatic carbocycles. The van der Waals surface area contributed by atoms with Crippen molar-refractivity contribution in [2.24, 2.45) is 5.92 Å². The molecule has 3 heterocycles. The van der Waals surface area contributed by atoms with Crippen molar-refractivity contribution in [3.05, 3.63) is 77.6 Å². The van der Waals surface area contributed by atoms with Gasteiger partial charge in [0.1, 0.15) is 5.75 Å². The first-order valence-corrected chi connectivity index (χ1v) is 10.6. The predicted octanol–water partition coefficient (Wildman–Crippen LogP) is 1.67. The van der Waals surface area contributed by atoms with Crippen LogP contribution in [0.1, 0.15) is 27.2 Å². The summed E-state index contributed by atoms with van der Waals surface area (Å²) < 4.78 is 5.94. The molecule has 0 spiro atoms. The number of benzene rings is 1. The third-order valence-corrected chi connectivity index (χ3v) is 5.35. The first-order chi connectivity index (χ1) is 15.3. The third kappa shape index (κ3) is 6.13. The van der Waals surface area contributed by atoms with E-state index in [1.54, 1.807) is 37.1 Å². The molecule has 0 saturated carbocycles. The van der Waals surface area contributed by atoms with Gasteiger partial charge in [0.05, 0.1) is 18.5 Å². The Kier molecular flexibility index (Phi) is 7.25. The van der Waals surface area contributed by atoms with Gasteiger partial charge in [-0.25, -0.2) is 4.98 Å². The molecule has 1 aliphatic rings. The maximum atomic E-state index is 12.5. The van der Waals surface area contributed by atoms with Crippen LogP contribution in [0.25, 0.3) is 0 Å². The van der Waals surface area contributed by atoms with Crippen molar-refractivity contribution in [3.8, 4) is 5.75 Å². The van der Waals surface area contributed by atoms with Gasteiger partial charge in [-0.1, -0.05) is 6.07 Å². The number of hydrogen-bond acceptors (Lipinski definition) is 6. The highest BCUT2D eigenvalue weighted by molar-refractivity contribution is 5.93. The fourth-order valence-electron chi connectivity index (χ4n) is 3.41. The molecular formula is C23H28N6O2. The second-order valence-electron chi connectivity index (χ2n) is 7.69. The monoisotopic (exact) mass is 420 g/mol. The van der Waals surface area contributed by atoms with Crippen molar-refractivity contribution in [2.75, 3.05) is 26.2 Å². The number of hydrogen-bond donors (Lipinski definition) is 4. The molecule has 0 radical (unpaired) electrons. The van der Waals surface area contributed by atoms with Crippen LogP contribution in [0, 0.1) is 5.92 Å². The summed E-state index contributed by atoms with van der Waals surface area (Å²) in [6.45, 7) is 4.86. The number of H-pyrrole nitrogens is 1. The van der Waals surface area contributed by atoms with Crippen LogP contribution in [0.4, 0.5) is 0 Å². The summed E-state index contributed by atoms with van der Waals surface area (Å²) in [5, 5.41) is 9.82. The van der Waals surface area contributed by atoms with Gasteiger partial charge in [0.2, 0.25) is 0 Å². The maximum Gasteiger partial charge on any atom is 0.253 e. The molecule has 0 bridgehead atoms. The Balaban J connectivity index is 1.38. The minimum Gasteiger partial charge on any atom is -0.493 e. The van der Waals surface area contributed by atoms with Crippen LogP contribution >= 0.6 is 0 Å². The quantitative estimate of drug-likeness (QED) is 0.376. The molecule has 31 heavy (non-hydrogen) atoms. The van der Waals surface area contributed by atoms with Crippen molar-refractivity contribution in [1.82, 2.24) is 30.9 Å². The average Bonchev–Trinajstić information content (AvgIpc) is 3.29. The van der Waals surface area contributed by atoms with E-state index in [0.29, 0.717) is 24.6 Å². The summed E-state index contributed by atoms with van der Waals surface area (Å²) in [6, 6.07) is 9.59. The smallest absolute Gasteiger partial charge is 0.253 e. The zero-order valence-corrected chi connectivity index (χ0v) is 17.4. The van der Waals surface area contributed by atoms with E-state index >= 15 is 0 Å². The van der Waals surface area contributed by atoms with Crippen molar-refractivity contribution >= 4 is 5.91 Å². The normalized spacial score (nSPS) is 13.5. The molecule has 8 heteroatoms. The van der Waals surface area contributed by atoms with E-state index in [0.717, 1.165) is 55.2 Å². The van der Waals surface area contributed by atoms with Crippen molar-refractivity contribution in [2.45, 2.75) is 19.5 Å². The molecule has 8 nitrogen and oxygen atoms in total. The Morgan fingerprint density at radius 1 is 1.13 bits per heavy atom. The molecule has 1 aliphatic heterocycles. The largest absolute Gasteiger partial charge is 0.493 e. The number of ether oxygens (including phenoxy) is 1. The average molecular weight is 421 g/mol. The zero-order chi connectivity index (χ0) is 21.3. The van der Waals surface area contributed by atoms with Gasteiger partial charge in [-0.05, 0) is 41.3 Å². The standard InChI is InChI=1S/C23H28N6O2/c30-23(19-2-1-6-24-13-19)28-14-20-8-22(31-7-5-21-15-27-16-29-21)4-3-18(20)12-26-11-17-9-25-10-17/h1-4,6,8,13,15-17,25-26H,5,7,9-12,14H2,(H,27,29)(H,28,30). The number of nitrogens with zero attached hydrogens (tertiary/aromatic N) is 2. The number of rotatable bonds is 11. The highest BCUT2D eigenvalue weighted by Crippen LogP contribution is 2.19. The summed E-state index contributed by atoms with van der Waals surface area (Å²) >= 11 is 0. The van der Waals surface area contributed by atoms with E-state index in [9.17, 15) is 4.79 Å². The van der Waals surface area contributed by atoms with E-state index in [2.05, 4.69) is 37.0 Å². The van der Waals surface area contributed by atoms with Crippen LogP contribution < -0.4 is 20.7 Å². The Bertz CT molecular complexity index is 957. The van der Waals surface area contributed by atoms with Gasteiger partial charge in [0.25, 0.3) is 5.91 Å². The fraction of sp³-hybridized carbons (Fsp3) is 0.348. The van der Waals surface area contributed by atoms with Gasteiger partial charge in [-0.3, -0.25) is 9.78 Å². The highest BCUT2D eigenvalue weighted by Gasteiger charge is 2.16. The maximum absolute atomic E-state index is 12.5. The summed E-state index contributed by atoms with van der Waals surface area (Å²) in [5.41, 5.74) is 3.78. The lowest BCUT2D eigenvalue weighted by Crippen LogP contribution is -2.47. The number of carbonyl (C=O) groups excluding carboxylic acids is 1. The first-order valence-electron chi connectivity index (χ1n) is 10.6. The van der Waals surface area contributed by atoms with Gasteiger partial charge in [-0.15, -0.1) is 0 Å². The molecule has 1 aromatic carbocycles. The molecule has 162 valence electrons. The van der Waals surface area contributed by atoms with E-state index in [1.807, 2.05) is 12.1 Å². The lowest BCUT2D eigenvalue weighted by molar-refractivity contribution is 0.0950. The molecule has 1 fully saturated rings. The summed E-state index contributed by atoms with van der Waals surface area (Å²) in [5.74, 6) is 1.34.